The number of imidazole rings is 4. The molecule has 0 amide bonds. The number of hydrogen-bond donors (Lipinski definition) is 0. The first-order valence-electron chi connectivity index (χ1n) is 46.0. The molecular weight excluding hydrogens is 2070 g/mol. The van der Waals surface area contributed by atoms with Crippen LogP contribution in [0.15, 0.2) is 261 Å². The number of sulfone groups is 1. The van der Waals surface area contributed by atoms with Crippen molar-refractivity contribution in [3.8, 4) is 22.7 Å². The molecule has 141 heavy (non-hydrogen) atoms. The molecular formula is C111H95BrCl5F9N8O2S5. The van der Waals surface area contributed by atoms with Crippen LogP contribution in [0.25, 0.3) is 22.7 Å². The lowest BCUT2D eigenvalue weighted by molar-refractivity contribution is 0.554. The molecule has 16 aromatic rings. The lowest BCUT2D eigenvalue weighted by Crippen LogP contribution is -2.15. The molecule has 12 aromatic carbocycles. The minimum atomic E-state index is -3.76. The summed E-state index contributed by atoms with van der Waals surface area (Å²) in [7, 11) is -3.76. The summed E-state index contributed by atoms with van der Waals surface area (Å²) < 4.78 is 161. The second kappa shape index (κ2) is 44.8. The zero-order valence-electron chi connectivity index (χ0n) is 77.7. The van der Waals surface area contributed by atoms with E-state index in [1.807, 2.05) is 88.6 Å². The molecule has 4 unspecified atom stereocenters. The fourth-order valence-corrected chi connectivity index (χ4v) is 25.3. The molecule has 4 aliphatic carbocycles. The van der Waals surface area contributed by atoms with Crippen LogP contribution in [0.2, 0.25) is 25.1 Å². The van der Waals surface area contributed by atoms with E-state index < -0.39 is 26.4 Å². The van der Waals surface area contributed by atoms with Gasteiger partial charge < -0.3 is 0 Å². The van der Waals surface area contributed by atoms with Gasteiger partial charge in [-0.05, 0) is 332 Å². The van der Waals surface area contributed by atoms with E-state index in [-0.39, 0.29) is 75.7 Å². The lowest BCUT2D eigenvalue weighted by atomic mass is 9.83. The van der Waals surface area contributed by atoms with Gasteiger partial charge in [0.05, 0.1) is 55.5 Å². The summed E-state index contributed by atoms with van der Waals surface area (Å²) in [5, 5.41) is 6.21. The highest BCUT2D eigenvalue weighted by atomic mass is 79.9. The second-order valence-electron chi connectivity index (χ2n) is 35.7. The fourth-order valence-electron chi connectivity index (χ4n) is 18.9. The topological polar surface area (TPSA) is 105 Å². The maximum atomic E-state index is 14.8. The molecule has 4 aromatic heterocycles. The van der Waals surface area contributed by atoms with E-state index in [1.165, 1.54) is 119 Å². The molecule has 4 atom stereocenters. The van der Waals surface area contributed by atoms with Crippen LogP contribution in [0.3, 0.4) is 0 Å². The molecule has 0 N–H and O–H groups in total. The largest absolute Gasteiger partial charge is 0.291 e. The summed E-state index contributed by atoms with van der Waals surface area (Å²) in [5.41, 5.74) is 23.6. The molecule has 30 heteroatoms. The number of aryl methyl sites for hydroxylation is 10. The number of hydrogen-bond acceptors (Lipinski definition) is 10. The van der Waals surface area contributed by atoms with Crippen LogP contribution in [0.4, 0.5) is 39.5 Å². The Bertz CT molecular complexity index is 7220. The zero-order valence-corrected chi connectivity index (χ0v) is 87.1. The lowest BCUT2D eigenvalue weighted by Gasteiger charge is -2.25. The zero-order chi connectivity index (χ0) is 99.5. The predicted octanol–water partition coefficient (Wildman–Crippen LogP) is 33.1. The van der Waals surface area contributed by atoms with Crippen molar-refractivity contribution in [2.75, 3.05) is 6.26 Å². The van der Waals surface area contributed by atoms with E-state index in [4.69, 9.17) is 77.9 Å². The van der Waals surface area contributed by atoms with Crippen molar-refractivity contribution in [3.05, 3.63) is 436 Å². The Morgan fingerprint density at radius 1 is 0.319 bits per heavy atom. The Morgan fingerprint density at radius 2 is 0.603 bits per heavy atom. The van der Waals surface area contributed by atoms with Crippen molar-refractivity contribution in [1.29, 1.82) is 0 Å². The van der Waals surface area contributed by atoms with Gasteiger partial charge in [-0.15, -0.1) is 0 Å². The SMILES string of the molecule is Cc1cc(C2CCCc3nc(SCc4c(C)cccc4F)n(-c4ccc(F)cc4)c32)ccc1Cl.Cc1cc(C2CCCc3nc(SCc4c(F)cc(S(C)(=O)=O)cc4F)n(-c4ccc(F)cc4)c32)ccc1Cl.Cc1cc(C2CCCc3nc(SCc4c(F)ccc(C)c4Cl)n(-c4ccc(F)cc4)c32)ccc1Cl.Cc1cc(C2CCCc3nc(SCc4c(F)cccc4Br)n(-c4ccc(F)cc4)c32)ccc1Cl. The standard InChI is InChI=1S/C28H24Cl2F2N2S.C28H24ClF3N2O2S2.C28H25ClF2N2S.C27H22BrClF2N2S/c1-16-6-13-24(32)22(26(16)30)15-35-28-33-25-5-3-4-21(18-7-12-23(29)17(2)14-18)27(25)34(28)20-10-8-19(31)9-11-20;1-16-12-17(6-11-23(16)29)21-4-3-5-26-27(21)34(19-9-7-18(30)8-10-19)28(33-26)37-15-22-24(31)13-20(14-25(22)32)38(2,35)36;1-17-5-3-7-25(31)23(17)16-34-28-32-26-8-4-6-22(19-9-14-24(29)18(2)15-19)27(26)33(28)21-12-10-20(30)11-13-21;1-16-14-17(8-13-23(16)29)20-4-2-7-25-26(20)33(19-11-9-18(30)10-12-19)27(32-25)34-15-21-22(28)5-3-6-24(21)31/h6-14,21H,3-5,15H2,1-2H3;6-14,21H,3-5,15H2,1-2H3;3,5,7,9-15,22H,4,6,8,16H2,1-2H3;3,5-6,8-14,20H,2,4,7,15H2,1H3. The third-order valence-electron chi connectivity index (χ3n) is 26.2. The number of fused-ring (bicyclic) bond motifs is 4. The summed E-state index contributed by atoms with van der Waals surface area (Å²) in [6.45, 7) is 11.8. The van der Waals surface area contributed by atoms with Gasteiger partial charge in [0, 0.05) is 123 Å². The van der Waals surface area contributed by atoms with E-state index in [2.05, 4.69) is 72.1 Å². The van der Waals surface area contributed by atoms with E-state index in [1.54, 1.807) is 66.7 Å². The highest BCUT2D eigenvalue weighted by Gasteiger charge is 2.37. The predicted molar refractivity (Wildman–Crippen MR) is 557 cm³/mol. The third kappa shape index (κ3) is 22.9. The van der Waals surface area contributed by atoms with E-state index in [0.29, 0.717) is 54.8 Å². The fraction of sp³-hybridized carbons (Fsp3) is 0.243. The maximum Gasteiger partial charge on any atom is 0.175 e. The van der Waals surface area contributed by atoms with Crippen LogP contribution >= 0.6 is 121 Å². The molecule has 0 saturated heterocycles. The number of thioether (sulfide) groups is 4. The first-order valence-corrected chi connectivity index (χ1v) is 54.6. The highest BCUT2D eigenvalue weighted by molar-refractivity contribution is 9.10. The molecule has 0 bridgehead atoms. The van der Waals surface area contributed by atoms with Gasteiger partial charge in [0.25, 0.3) is 0 Å². The summed E-state index contributed by atoms with van der Waals surface area (Å²) in [4.78, 5) is 19.5. The molecule has 10 nitrogen and oxygen atoms in total. The molecule has 0 radical (unpaired) electrons. The number of aromatic nitrogens is 8. The van der Waals surface area contributed by atoms with E-state index in [9.17, 15) is 47.9 Å². The highest BCUT2D eigenvalue weighted by Crippen LogP contribution is 2.49. The van der Waals surface area contributed by atoms with Crippen LogP contribution in [0.5, 0.6) is 0 Å². The van der Waals surface area contributed by atoms with Crippen molar-refractivity contribution >= 4 is 131 Å². The third-order valence-corrected chi connectivity index (χ3v) is 34.1. The van der Waals surface area contributed by atoms with Crippen LogP contribution in [0, 0.1) is 93.9 Å². The molecule has 0 aliphatic heterocycles. The van der Waals surface area contributed by atoms with Crippen LogP contribution in [0.1, 0.15) is 198 Å². The van der Waals surface area contributed by atoms with E-state index in [0.717, 1.165) is 244 Å². The minimum Gasteiger partial charge on any atom is -0.291 e. The van der Waals surface area contributed by atoms with Crippen molar-refractivity contribution in [1.82, 2.24) is 38.2 Å². The van der Waals surface area contributed by atoms with Crippen molar-refractivity contribution in [3.63, 3.8) is 0 Å². The van der Waals surface area contributed by atoms with Crippen LogP contribution < -0.4 is 0 Å². The molecule has 4 heterocycles. The van der Waals surface area contributed by atoms with Gasteiger partial charge in [0.15, 0.2) is 30.5 Å². The Labute approximate surface area is 865 Å². The van der Waals surface area contributed by atoms with Gasteiger partial charge in [0.2, 0.25) is 0 Å². The Hall–Kier alpha value is -9.87. The van der Waals surface area contributed by atoms with Gasteiger partial charge in [0.1, 0.15) is 52.4 Å². The quantitative estimate of drug-likeness (QED) is 0.0510. The van der Waals surface area contributed by atoms with Crippen molar-refractivity contribution in [2.45, 2.75) is 191 Å². The van der Waals surface area contributed by atoms with Gasteiger partial charge in [-0.25, -0.2) is 67.9 Å². The van der Waals surface area contributed by atoms with Crippen LogP contribution in [-0.4, -0.2) is 52.9 Å². The number of halogens is 15. The summed E-state index contributed by atoms with van der Waals surface area (Å²) >= 11 is 40.7. The molecule has 20 rings (SSSR count). The molecule has 0 saturated carbocycles. The molecule has 4 aliphatic rings. The number of benzene rings is 12. The number of rotatable bonds is 21. The van der Waals surface area contributed by atoms with Gasteiger partial charge >= 0.3 is 0 Å². The van der Waals surface area contributed by atoms with Gasteiger partial charge in [-0.1, -0.05) is 194 Å². The van der Waals surface area contributed by atoms with E-state index >= 15 is 0 Å². The molecule has 0 spiro atoms. The smallest absolute Gasteiger partial charge is 0.175 e. The van der Waals surface area contributed by atoms with Crippen molar-refractivity contribution < 1.29 is 47.9 Å². The monoisotopic (exact) mass is 2160 g/mol. The van der Waals surface area contributed by atoms with Crippen molar-refractivity contribution in [2.24, 2.45) is 0 Å². The minimum absolute atomic E-state index is 0.00383. The average Bonchev–Trinajstić information content (AvgIpc) is 1.63. The maximum absolute atomic E-state index is 14.8. The summed E-state index contributed by atoms with van der Waals surface area (Å²) in [6.07, 6.45) is 12.1. The normalized spacial score (nSPS) is 15.4. The van der Waals surface area contributed by atoms with Crippen LogP contribution in [-0.2, 0) is 58.5 Å². The van der Waals surface area contributed by atoms with Gasteiger partial charge in [-0.3, -0.25) is 18.3 Å². The van der Waals surface area contributed by atoms with Gasteiger partial charge in [-0.2, -0.15) is 0 Å². The first-order chi connectivity index (χ1) is 67.7. The number of nitrogens with zero attached hydrogens (tertiary/aromatic N) is 8. The summed E-state index contributed by atoms with van der Waals surface area (Å²) in [6, 6.07) is 64.9. The Balaban J connectivity index is 0.000000130. The molecule has 0 fully saturated rings. The molecule has 726 valence electrons. The first kappa shape index (κ1) is 103. The second-order valence-corrected chi connectivity index (χ2v) is 44.3. The Kier molecular flexibility index (Phi) is 32.6. The summed E-state index contributed by atoms with van der Waals surface area (Å²) in [5.74, 6) is -2.32. The Morgan fingerprint density at radius 3 is 0.901 bits per heavy atom. The average molecular weight is 2160 g/mol.